The maximum Gasteiger partial charge on any atom is 0.269 e. The van der Waals surface area contributed by atoms with Gasteiger partial charge in [0.15, 0.2) is 11.5 Å². The number of hydrogen-bond donors (Lipinski definition) is 0. The minimum absolute atomic E-state index is 0.0436. The van der Waals surface area contributed by atoms with Gasteiger partial charge in [-0.1, -0.05) is 13.0 Å². The van der Waals surface area contributed by atoms with E-state index in [1.807, 2.05) is 11.8 Å². The molecule has 0 amide bonds. The Morgan fingerprint density at radius 3 is 2.43 bits per heavy atom. The van der Waals surface area contributed by atoms with Gasteiger partial charge in [0.05, 0.1) is 11.0 Å². The third kappa shape index (κ3) is 3.11. The molecule has 2 aromatic rings. The van der Waals surface area contributed by atoms with Gasteiger partial charge in [0.2, 0.25) is 6.79 Å². The van der Waals surface area contributed by atoms with Crippen molar-refractivity contribution >= 4 is 5.69 Å². The second-order valence-corrected chi connectivity index (χ2v) is 7.03. The highest BCUT2D eigenvalue weighted by atomic mass is 16.7. The fourth-order valence-corrected chi connectivity index (χ4v) is 3.91. The summed E-state index contributed by atoms with van der Waals surface area (Å²) in [6.45, 7) is 2.65. The molecule has 1 fully saturated rings. The molecule has 9 nitrogen and oxygen atoms in total. The molecule has 9 heteroatoms. The number of rotatable bonds is 5. The van der Waals surface area contributed by atoms with Gasteiger partial charge in [-0.15, -0.1) is 0 Å². The van der Waals surface area contributed by atoms with Crippen LogP contribution in [0.5, 0.6) is 11.5 Å². The quantitative estimate of drug-likeness (QED) is 0.545. The zero-order valence-corrected chi connectivity index (χ0v) is 16.1. The number of nitro groups is 1. The highest BCUT2D eigenvalue weighted by molar-refractivity contribution is 5.48. The van der Waals surface area contributed by atoms with Crippen LogP contribution in [-0.2, 0) is 4.74 Å². The van der Waals surface area contributed by atoms with E-state index in [4.69, 9.17) is 14.2 Å². The SMILES string of the molecule is CCCN1C(c2ccc([N+](=O)[O-])cc2)OC(C#N)(C#N)C1c1ccc2c(c1)OCO2. The Morgan fingerprint density at radius 2 is 1.80 bits per heavy atom. The van der Waals surface area contributed by atoms with Crippen molar-refractivity contribution < 1.29 is 19.1 Å². The van der Waals surface area contributed by atoms with Crippen LogP contribution in [0, 0.1) is 32.8 Å². The zero-order valence-electron chi connectivity index (χ0n) is 16.1. The van der Waals surface area contributed by atoms with Crippen LogP contribution in [0.1, 0.15) is 36.7 Å². The topological polar surface area (TPSA) is 122 Å². The lowest BCUT2D eigenvalue weighted by Gasteiger charge is -2.29. The van der Waals surface area contributed by atoms with Crippen molar-refractivity contribution in [3.05, 3.63) is 63.7 Å². The fourth-order valence-electron chi connectivity index (χ4n) is 3.91. The van der Waals surface area contributed by atoms with E-state index in [1.54, 1.807) is 30.3 Å². The molecule has 0 radical (unpaired) electrons. The standard InChI is InChI=1S/C21H18N4O5/c1-2-9-24-19(15-5-8-17-18(10-15)29-13-28-17)21(11-22,12-23)30-20(24)14-3-6-16(7-4-14)25(26)27/h3-8,10,19-20H,2,9,13H2,1H3. The molecule has 2 unspecified atom stereocenters. The Bertz CT molecular complexity index is 1040. The summed E-state index contributed by atoms with van der Waals surface area (Å²) in [4.78, 5) is 12.4. The van der Waals surface area contributed by atoms with Crippen LogP contribution in [0.4, 0.5) is 5.69 Å². The van der Waals surface area contributed by atoms with Crippen molar-refractivity contribution in [3.63, 3.8) is 0 Å². The van der Waals surface area contributed by atoms with Gasteiger partial charge in [0, 0.05) is 18.7 Å². The second-order valence-electron chi connectivity index (χ2n) is 7.03. The van der Waals surface area contributed by atoms with Crippen molar-refractivity contribution in [1.82, 2.24) is 4.90 Å². The third-order valence-electron chi connectivity index (χ3n) is 5.23. The van der Waals surface area contributed by atoms with Crippen molar-refractivity contribution in [1.29, 1.82) is 10.5 Å². The molecular weight excluding hydrogens is 388 g/mol. The van der Waals surface area contributed by atoms with E-state index in [1.165, 1.54) is 12.1 Å². The summed E-state index contributed by atoms with van der Waals surface area (Å²) in [5.41, 5.74) is -0.472. The predicted octanol–water partition coefficient (Wildman–Crippen LogP) is 3.59. The number of fused-ring (bicyclic) bond motifs is 1. The Hall–Kier alpha value is -3.66. The summed E-state index contributed by atoms with van der Waals surface area (Å²) < 4.78 is 16.9. The van der Waals surface area contributed by atoms with E-state index in [0.29, 0.717) is 29.2 Å². The number of nitriles is 2. The average molecular weight is 406 g/mol. The lowest BCUT2D eigenvalue weighted by Crippen LogP contribution is -2.36. The van der Waals surface area contributed by atoms with Gasteiger partial charge in [-0.3, -0.25) is 15.0 Å². The molecule has 152 valence electrons. The van der Waals surface area contributed by atoms with Gasteiger partial charge in [0.25, 0.3) is 11.3 Å². The molecule has 2 atom stereocenters. The van der Waals surface area contributed by atoms with Crippen LogP contribution in [0.3, 0.4) is 0 Å². The number of hydrogen-bond acceptors (Lipinski definition) is 8. The maximum absolute atomic E-state index is 11.0. The zero-order chi connectivity index (χ0) is 21.3. The monoisotopic (exact) mass is 406 g/mol. The van der Waals surface area contributed by atoms with Crippen molar-refractivity contribution in [2.24, 2.45) is 0 Å². The van der Waals surface area contributed by atoms with E-state index < -0.39 is 22.8 Å². The highest BCUT2D eigenvalue weighted by Crippen LogP contribution is 2.50. The fraction of sp³-hybridized carbons (Fsp3) is 0.333. The van der Waals surface area contributed by atoms with E-state index in [2.05, 4.69) is 12.1 Å². The summed E-state index contributed by atoms with van der Waals surface area (Å²) in [5.74, 6) is 1.15. The first-order chi connectivity index (χ1) is 14.5. The van der Waals surface area contributed by atoms with E-state index in [9.17, 15) is 20.6 Å². The van der Waals surface area contributed by atoms with E-state index in [-0.39, 0.29) is 12.5 Å². The maximum atomic E-state index is 11.0. The molecule has 1 saturated heterocycles. The number of nitrogens with zero attached hydrogens (tertiary/aromatic N) is 4. The molecule has 0 aliphatic carbocycles. The molecule has 0 spiro atoms. The molecule has 0 saturated carbocycles. The van der Waals surface area contributed by atoms with Crippen LogP contribution in [0.2, 0.25) is 0 Å². The first-order valence-corrected chi connectivity index (χ1v) is 9.43. The van der Waals surface area contributed by atoms with Crippen LogP contribution in [-0.4, -0.2) is 28.8 Å². The summed E-state index contributed by atoms with van der Waals surface area (Å²) in [7, 11) is 0. The summed E-state index contributed by atoms with van der Waals surface area (Å²) >= 11 is 0. The first-order valence-electron chi connectivity index (χ1n) is 9.43. The molecule has 2 aliphatic heterocycles. The Labute approximate surface area is 172 Å². The number of non-ortho nitro benzene ring substituents is 1. The minimum atomic E-state index is -1.75. The van der Waals surface area contributed by atoms with Gasteiger partial charge in [-0.25, -0.2) is 0 Å². The van der Waals surface area contributed by atoms with E-state index >= 15 is 0 Å². The molecule has 2 aromatic carbocycles. The van der Waals surface area contributed by atoms with Crippen LogP contribution < -0.4 is 9.47 Å². The number of benzene rings is 2. The lowest BCUT2D eigenvalue weighted by molar-refractivity contribution is -0.384. The Morgan fingerprint density at radius 1 is 1.13 bits per heavy atom. The third-order valence-corrected chi connectivity index (χ3v) is 5.23. The average Bonchev–Trinajstić information content (AvgIpc) is 3.36. The molecule has 0 bridgehead atoms. The van der Waals surface area contributed by atoms with Crippen molar-refractivity contribution in [3.8, 4) is 23.6 Å². The number of ether oxygens (including phenoxy) is 3. The highest BCUT2D eigenvalue weighted by Gasteiger charge is 2.56. The molecular formula is C21H18N4O5. The molecule has 4 rings (SSSR count). The molecule has 2 aliphatic rings. The first kappa shape index (κ1) is 19.6. The Kier molecular flexibility index (Phi) is 5.00. The molecule has 2 heterocycles. The van der Waals surface area contributed by atoms with Gasteiger partial charge >= 0.3 is 0 Å². The summed E-state index contributed by atoms with van der Waals surface area (Å²) in [6, 6.07) is 14.7. The largest absolute Gasteiger partial charge is 0.454 e. The molecule has 0 N–H and O–H groups in total. The Balaban J connectivity index is 1.79. The summed E-state index contributed by atoms with van der Waals surface area (Å²) in [5, 5.41) is 30.9. The van der Waals surface area contributed by atoms with Crippen LogP contribution in [0.25, 0.3) is 0 Å². The van der Waals surface area contributed by atoms with Gasteiger partial charge in [-0.05, 0) is 41.8 Å². The van der Waals surface area contributed by atoms with Gasteiger partial charge in [0.1, 0.15) is 18.4 Å². The smallest absolute Gasteiger partial charge is 0.269 e. The predicted molar refractivity (Wildman–Crippen MR) is 103 cm³/mol. The normalized spacial score (nSPS) is 21.7. The molecule has 0 aromatic heterocycles. The number of nitro benzene ring substituents is 1. The lowest BCUT2D eigenvalue weighted by atomic mass is 9.90. The minimum Gasteiger partial charge on any atom is -0.454 e. The van der Waals surface area contributed by atoms with Gasteiger partial charge < -0.3 is 14.2 Å². The van der Waals surface area contributed by atoms with Crippen molar-refractivity contribution in [2.75, 3.05) is 13.3 Å². The second kappa shape index (κ2) is 7.64. The van der Waals surface area contributed by atoms with Crippen LogP contribution >= 0.6 is 0 Å². The molecule has 30 heavy (non-hydrogen) atoms. The summed E-state index contributed by atoms with van der Waals surface area (Å²) in [6.07, 6.45) is 0.0429. The van der Waals surface area contributed by atoms with Crippen LogP contribution in [0.15, 0.2) is 42.5 Å². The van der Waals surface area contributed by atoms with Gasteiger partial charge in [-0.2, -0.15) is 10.5 Å². The van der Waals surface area contributed by atoms with Crippen molar-refractivity contribution in [2.45, 2.75) is 31.2 Å². The van der Waals surface area contributed by atoms with E-state index in [0.717, 1.165) is 6.42 Å².